The van der Waals surface area contributed by atoms with Crippen molar-refractivity contribution in [1.82, 2.24) is 19.6 Å². The van der Waals surface area contributed by atoms with Gasteiger partial charge in [0.1, 0.15) is 5.69 Å². The first-order chi connectivity index (χ1) is 21.2. The molecule has 44 heavy (non-hydrogen) atoms. The quantitative estimate of drug-likeness (QED) is 0.149. The highest BCUT2D eigenvalue weighted by Crippen LogP contribution is 2.33. The Morgan fingerprint density at radius 2 is 1.36 bits per heavy atom. The Morgan fingerprint density at radius 1 is 0.773 bits per heavy atom. The Morgan fingerprint density at radius 3 is 1.98 bits per heavy atom. The number of sulfone groups is 1. The van der Waals surface area contributed by atoms with Gasteiger partial charge in [0, 0.05) is 35.4 Å². The normalized spacial score (nSPS) is 11.5. The number of hydrogen-bond acceptors (Lipinski definition) is 8. The van der Waals surface area contributed by atoms with Crippen molar-refractivity contribution in [2.24, 2.45) is 0 Å². The number of aromatic nitrogens is 4. The Balaban J connectivity index is 1.46. The lowest BCUT2D eigenvalue weighted by Crippen LogP contribution is -2.20. The van der Waals surface area contributed by atoms with Gasteiger partial charge in [0.25, 0.3) is 5.69 Å². The zero-order valence-corrected chi connectivity index (χ0v) is 24.2. The van der Waals surface area contributed by atoms with Crippen molar-refractivity contribution in [1.29, 1.82) is 0 Å². The number of hydrogen-bond donors (Lipinski definition) is 0. The summed E-state index contributed by atoms with van der Waals surface area (Å²) >= 11 is 0. The number of aryl methyl sites for hydroxylation is 2. The van der Waals surface area contributed by atoms with E-state index in [-0.39, 0.29) is 34.4 Å². The number of nitro benzene ring substituents is 1. The Bertz CT molecular complexity index is 2120. The fourth-order valence-corrected chi connectivity index (χ4v) is 6.29. The predicted molar refractivity (Wildman–Crippen MR) is 163 cm³/mol. The first kappa shape index (κ1) is 28.5. The smallest absolute Gasteiger partial charge is 0.407 e. The summed E-state index contributed by atoms with van der Waals surface area (Å²) in [5, 5.41) is 19.2. The minimum absolute atomic E-state index is 0.0308. The van der Waals surface area contributed by atoms with Gasteiger partial charge in [-0.05, 0) is 31.2 Å². The topological polar surface area (TPSA) is 143 Å². The molecule has 220 valence electrons. The number of oxazole rings is 1. The highest BCUT2D eigenvalue weighted by atomic mass is 32.2. The molecule has 0 amide bonds. The monoisotopic (exact) mass is 607 g/mol. The van der Waals surface area contributed by atoms with E-state index >= 15 is 0 Å². The van der Waals surface area contributed by atoms with E-state index in [0.29, 0.717) is 17.0 Å². The summed E-state index contributed by atoms with van der Waals surface area (Å²) in [6.45, 7) is 1.95. The van der Waals surface area contributed by atoms with Crippen LogP contribution in [0.25, 0.3) is 33.8 Å². The zero-order chi connectivity index (χ0) is 30.8. The van der Waals surface area contributed by atoms with Crippen molar-refractivity contribution in [2.75, 3.05) is 0 Å². The van der Waals surface area contributed by atoms with Gasteiger partial charge in [-0.1, -0.05) is 83.6 Å². The molecule has 2 aromatic heterocycles. The number of rotatable bonds is 9. The van der Waals surface area contributed by atoms with Gasteiger partial charge in [-0.15, -0.1) is 5.10 Å². The molecule has 6 aromatic rings. The van der Waals surface area contributed by atoms with Crippen LogP contribution in [0.1, 0.15) is 5.56 Å². The molecule has 0 fully saturated rings. The Hall–Kier alpha value is -5.62. The maximum Gasteiger partial charge on any atom is 0.420 e. The van der Waals surface area contributed by atoms with Crippen molar-refractivity contribution in [3.63, 3.8) is 0 Å². The van der Waals surface area contributed by atoms with Gasteiger partial charge in [0.05, 0.1) is 22.1 Å². The molecule has 12 heteroatoms. The highest BCUT2D eigenvalue weighted by Gasteiger charge is 2.29. The molecule has 0 saturated heterocycles. The lowest BCUT2D eigenvalue weighted by Gasteiger charge is -2.11. The summed E-state index contributed by atoms with van der Waals surface area (Å²) in [5.74, 6) is -0.189. The molecule has 0 radical (unpaired) electrons. The van der Waals surface area contributed by atoms with Crippen LogP contribution in [-0.4, -0.2) is 32.9 Å². The molecular formula is C32H25N5O6S. The average Bonchev–Trinajstić information content (AvgIpc) is 3.62. The Labute approximate surface area is 251 Å². The lowest BCUT2D eigenvalue weighted by atomic mass is 10.1. The van der Waals surface area contributed by atoms with Crippen molar-refractivity contribution >= 4 is 15.5 Å². The lowest BCUT2D eigenvalue weighted by molar-refractivity contribution is -0.384. The van der Waals surface area contributed by atoms with Crippen LogP contribution in [0.15, 0.2) is 128 Å². The number of non-ortho nitro benzene ring substituents is 1. The van der Waals surface area contributed by atoms with E-state index in [1.165, 1.54) is 45.6 Å². The second-order valence-corrected chi connectivity index (χ2v) is 11.9. The van der Waals surface area contributed by atoms with E-state index in [9.17, 15) is 23.3 Å². The van der Waals surface area contributed by atoms with Gasteiger partial charge in [-0.25, -0.2) is 17.9 Å². The van der Waals surface area contributed by atoms with Crippen LogP contribution in [0, 0.1) is 17.0 Å². The van der Waals surface area contributed by atoms with Crippen molar-refractivity contribution in [2.45, 2.75) is 29.9 Å². The van der Waals surface area contributed by atoms with Gasteiger partial charge < -0.3 is 4.42 Å². The minimum Gasteiger partial charge on any atom is -0.407 e. The van der Waals surface area contributed by atoms with Crippen molar-refractivity contribution < 1.29 is 17.8 Å². The number of nitrogens with zero attached hydrogens (tertiary/aromatic N) is 5. The fourth-order valence-electron chi connectivity index (χ4n) is 4.95. The van der Waals surface area contributed by atoms with E-state index in [1.807, 2.05) is 67.6 Å². The molecule has 4 aromatic carbocycles. The standard InChI is InChI=1S/C32H25N5O6S/c1-22-12-18-27(19-13-22)44(41,42)31-29(24-14-16-26(17-15-24)37(39)40)36(34-33-31)21-20-35-28(23-8-4-2-5-9-23)30(43-32(35)38)25-10-6-3-7-11-25/h2-19H,20-21H2,1H3. The first-order valence-corrected chi connectivity index (χ1v) is 15.1. The molecule has 0 bridgehead atoms. The van der Waals surface area contributed by atoms with Crippen LogP contribution in [0.5, 0.6) is 0 Å². The third-order valence-electron chi connectivity index (χ3n) is 7.15. The molecule has 0 spiro atoms. The average molecular weight is 608 g/mol. The maximum absolute atomic E-state index is 13.8. The molecule has 11 nitrogen and oxygen atoms in total. The minimum atomic E-state index is -4.13. The number of nitro groups is 1. The molecule has 0 aliphatic rings. The molecule has 6 rings (SSSR count). The van der Waals surface area contributed by atoms with E-state index < -0.39 is 20.5 Å². The molecule has 0 saturated carbocycles. The summed E-state index contributed by atoms with van der Waals surface area (Å²) < 4.78 is 36.1. The van der Waals surface area contributed by atoms with Gasteiger partial charge in [0.2, 0.25) is 14.9 Å². The first-order valence-electron chi connectivity index (χ1n) is 13.6. The summed E-state index contributed by atoms with van der Waals surface area (Å²) in [7, 11) is -4.13. The third-order valence-corrected chi connectivity index (χ3v) is 8.83. The van der Waals surface area contributed by atoms with Crippen LogP contribution in [-0.2, 0) is 22.9 Å². The van der Waals surface area contributed by atoms with E-state index in [2.05, 4.69) is 10.3 Å². The SMILES string of the molecule is Cc1ccc(S(=O)(=O)c2nnn(CCn3c(-c4ccccc4)c(-c4ccccc4)oc3=O)c2-c2ccc([N+](=O)[O-])cc2)cc1. The second kappa shape index (κ2) is 11.6. The van der Waals surface area contributed by atoms with Crippen LogP contribution < -0.4 is 5.76 Å². The summed E-state index contributed by atoms with van der Waals surface area (Å²) in [5.41, 5.74) is 3.28. The summed E-state index contributed by atoms with van der Waals surface area (Å²) in [6, 6.07) is 30.4. The van der Waals surface area contributed by atoms with Crippen LogP contribution in [0.3, 0.4) is 0 Å². The van der Waals surface area contributed by atoms with Gasteiger partial charge >= 0.3 is 5.76 Å². The van der Waals surface area contributed by atoms with Gasteiger partial charge in [0.15, 0.2) is 5.76 Å². The molecule has 2 heterocycles. The third kappa shape index (κ3) is 5.34. The summed E-state index contributed by atoms with van der Waals surface area (Å²) in [6.07, 6.45) is 0. The van der Waals surface area contributed by atoms with Crippen LogP contribution >= 0.6 is 0 Å². The van der Waals surface area contributed by atoms with Gasteiger partial charge in [-0.2, -0.15) is 0 Å². The molecule has 0 aliphatic heterocycles. The molecule has 0 aliphatic carbocycles. The second-order valence-electron chi connectivity index (χ2n) is 10.0. The zero-order valence-electron chi connectivity index (χ0n) is 23.4. The maximum atomic E-state index is 13.8. The van der Waals surface area contributed by atoms with E-state index in [4.69, 9.17) is 4.42 Å². The van der Waals surface area contributed by atoms with Crippen molar-refractivity contribution in [3.05, 3.63) is 135 Å². The van der Waals surface area contributed by atoms with Crippen LogP contribution in [0.2, 0.25) is 0 Å². The number of benzene rings is 4. The largest absolute Gasteiger partial charge is 0.420 e. The fraction of sp³-hybridized carbons (Fsp3) is 0.0938. The molecule has 0 N–H and O–H groups in total. The van der Waals surface area contributed by atoms with E-state index in [0.717, 1.165) is 16.7 Å². The molecule has 0 unspecified atom stereocenters. The molecule has 0 atom stereocenters. The Kier molecular flexibility index (Phi) is 7.50. The molecular weight excluding hydrogens is 582 g/mol. The predicted octanol–water partition coefficient (Wildman–Crippen LogP) is 5.78. The summed E-state index contributed by atoms with van der Waals surface area (Å²) in [4.78, 5) is 24.0. The van der Waals surface area contributed by atoms with Gasteiger partial charge in [-0.3, -0.25) is 14.7 Å². The highest BCUT2D eigenvalue weighted by molar-refractivity contribution is 7.91. The van der Waals surface area contributed by atoms with E-state index in [1.54, 1.807) is 12.1 Å². The van der Waals surface area contributed by atoms with Crippen LogP contribution in [0.4, 0.5) is 5.69 Å². The van der Waals surface area contributed by atoms with Crippen molar-refractivity contribution in [3.8, 4) is 33.8 Å².